The van der Waals surface area contributed by atoms with Gasteiger partial charge in [-0.1, -0.05) is 35.9 Å². The number of hydrogen-bond acceptors (Lipinski definition) is 4. The number of benzene rings is 1. The number of carbonyl (C=O) groups is 1. The topological polar surface area (TPSA) is 54.9 Å². The SMILES string of the molecule is Cc1nc(-c2ccccn2)sc1C(=O)NCc1ccccc1Cl. The molecule has 1 aromatic carbocycles. The van der Waals surface area contributed by atoms with Crippen LogP contribution in [0.5, 0.6) is 0 Å². The number of nitrogens with zero attached hydrogens (tertiary/aromatic N) is 2. The molecule has 3 rings (SSSR count). The zero-order valence-electron chi connectivity index (χ0n) is 12.4. The van der Waals surface area contributed by atoms with E-state index in [0.717, 1.165) is 16.3 Å². The van der Waals surface area contributed by atoms with Crippen molar-refractivity contribution in [2.24, 2.45) is 0 Å². The molecule has 2 aromatic heterocycles. The Hall–Kier alpha value is -2.24. The fourth-order valence-electron chi connectivity index (χ4n) is 2.10. The lowest BCUT2D eigenvalue weighted by molar-refractivity contribution is 0.0954. The van der Waals surface area contributed by atoms with Gasteiger partial charge in [-0.15, -0.1) is 11.3 Å². The number of pyridine rings is 1. The lowest BCUT2D eigenvalue weighted by Gasteiger charge is -2.05. The van der Waals surface area contributed by atoms with Crippen LogP contribution >= 0.6 is 22.9 Å². The van der Waals surface area contributed by atoms with Crippen LogP contribution in [0.4, 0.5) is 0 Å². The van der Waals surface area contributed by atoms with Gasteiger partial charge in [0.25, 0.3) is 5.91 Å². The lowest BCUT2D eigenvalue weighted by Crippen LogP contribution is -2.22. The van der Waals surface area contributed by atoms with Crippen molar-refractivity contribution in [3.63, 3.8) is 0 Å². The number of halogens is 1. The summed E-state index contributed by atoms with van der Waals surface area (Å²) in [6, 6.07) is 13.1. The average Bonchev–Trinajstić information content (AvgIpc) is 2.97. The zero-order chi connectivity index (χ0) is 16.2. The Bertz CT molecular complexity index is 833. The number of rotatable bonds is 4. The summed E-state index contributed by atoms with van der Waals surface area (Å²) in [4.78, 5) is 21.7. The maximum atomic E-state index is 12.4. The maximum absolute atomic E-state index is 12.4. The first-order valence-electron chi connectivity index (χ1n) is 7.05. The minimum atomic E-state index is -0.151. The van der Waals surface area contributed by atoms with E-state index in [1.54, 1.807) is 12.3 Å². The van der Waals surface area contributed by atoms with E-state index < -0.39 is 0 Å². The van der Waals surface area contributed by atoms with Gasteiger partial charge in [0.1, 0.15) is 9.88 Å². The van der Waals surface area contributed by atoms with Gasteiger partial charge >= 0.3 is 0 Å². The van der Waals surface area contributed by atoms with E-state index >= 15 is 0 Å². The highest BCUT2D eigenvalue weighted by Crippen LogP contribution is 2.26. The van der Waals surface area contributed by atoms with Crippen molar-refractivity contribution in [1.82, 2.24) is 15.3 Å². The Morgan fingerprint density at radius 2 is 2.00 bits per heavy atom. The Balaban J connectivity index is 1.75. The molecule has 0 atom stereocenters. The van der Waals surface area contributed by atoms with Gasteiger partial charge in [-0.3, -0.25) is 9.78 Å². The van der Waals surface area contributed by atoms with E-state index in [9.17, 15) is 4.79 Å². The highest BCUT2D eigenvalue weighted by molar-refractivity contribution is 7.17. The molecule has 0 spiro atoms. The molecule has 1 N–H and O–H groups in total. The molecule has 0 aliphatic heterocycles. The van der Waals surface area contributed by atoms with Crippen LogP contribution in [0, 0.1) is 6.92 Å². The second kappa shape index (κ2) is 6.89. The van der Waals surface area contributed by atoms with Crippen molar-refractivity contribution >= 4 is 28.8 Å². The van der Waals surface area contributed by atoms with Crippen LogP contribution in [-0.4, -0.2) is 15.9 Å². The summed E-state index contributed by atoms with van der Waals surface area (Å²) >= 11 is 7.44. The predicted molar refractivity (Wildman–Crippen MR) is 92.7 cm³/mol. The first-order chi connectivity index (χ1) is 11.1. The fraction of sp³-hybridized carbons (Fsp3) is 0.118. The van der Waals surface area contributed by atoms with E-state index in [1.807, 2.05) is 43.3 Å². The van der Waals surface area contributed by atoms with Crippen LogP contribution in [0.3, 0.4) is 0 Å². The second-order valence-corrected chi connectivity index (χ2v) is 6.33. The number of aromatic nitrogens is 2. The highest BCUT2D eigenvalue weighted by atomic mass is 35.5. The lowest BCUT2D eigenvalue weighted by atomic mass is 10.2. The van der Waals surface area contributed by atoms with Crippen molar-refractivity contribution in [2.75, 3.05) is 0 Å². The average molecular weight is 344 g/mol. The van der Waals surface area contributed by atoms with Crippen LogP contribution in [0.25, 0.3) is 10.7 Å². The summed E-state index contributed by atoms with van der Waals surface area (Å²) < 4.78 is 0. The van der Waals surface area contributed by atoms with E-state index in [1.165, 1.54) is 11.3 Å². The van der Waals surface area contributed by atoms with E-state index in [0.29, 0.717) is 22.1 Å². The molecular weight excluding hydrogens is 330 g/mol. The summed E-state index contributed by atoms with van der Waals surface area (Å²) in [5.74, 6) is -0.151. The predicted octanol–water partition coefficient (Wildman–Crippen LogP) is 4.10. The molecule has 3 aromatic rings. The van der Waals surface area contributed by atoms with Crippen LogP contribution in [0.1, 0.15) is 20.9 Å². The van der Waals surface area contributed by atoms with Crippen molar-refractivity contribution in [3.05, 3.63) is 69.8 Å². The molecule has 0 radical (unpaired) electrons. The van der Waals surface area contributed by atoms with Crippen molar-refractivity contribution < 1.29 is 4.79 Å². The molecular formula is C17H14ClN3OS. The molecule has 4 nitrogen and oxygen atoms in total. The molecule has 0 saturated carbocycles. The Morgan fingerprint density at radius 3 is 2.74 bits per heavy atom. The number of nitrogens with one attached hydrogen (secondary N) is 1. The molecule has 2 heterocycles. The minimum absolute atomic E-state index is 0.151. The molecule has 0 aliphatic carbocycles. The van der Waals surface area contributed by atoms with Crippen LogP contribution in [0.2, 0.25) is 5.02 Å². The zero-order valence-corrected chi connectivity index (χ0v) is 14.0. The van der Waals surface area contributed by atoms with Gasteiger partial charge in [0, 0.05) is 17.8 Å². The van der Waals surface area contributed by atoms with Crippen molar-refractivity contribution in [2.45, 2.75) is 13.5 Å². The van der Waals surface area contributed by atoms with Gasteiger partial charge in [-0.2, -0.15) is 0 Å². The number of amides is 1. The van der Waals surface area contributed by atoms with Crippen LogP contribution < -0.4 is 5.32 Å². The molecule has 0 bridgehead atoms. The smallest absolute Gasteiger partial charge is 0.263 e. The standard InChI is InChI=1S/C17H14ClN3OS/c1-11-15(23-17(21-11)14-8-4-5-9-19-14)16(22)20-10-12-6-2-3-7-13(12)18/h2-9H,10H2,1H3,(H,20,22). The quantitative estimate of drug-likeness (QED) is 0.776. The number of hydrogen-bond donors (Lipinski definition) is 1. The molecule has 0 aliphatic rings. The van der Waals surface area contributed by atoms with E-state index in [-0.39, 0.29) is 5.91 Å². The van der Waals surface area contributed by atoms with E-state index in [2.05, 4.69) is 15.3 Å². The molecule has 0 fully saturated rings. The van der Waals surface area contributed by atoms with Gasteiger partial charge in [0.15, 0.2) is 0 Å². The monoisotopic (exact) mass is 343 g/mol. The number of aryl methyl sites for hydroxylation is 1. The second-order valence-electron chi connectivity index (χ2n) is 4.92. The third-order valence-corrected chi connectivity index (χ3v) is 4.83. The Labute approximate surface area is 143 Å². The fourth-order valence-corrected chi connectivity index (χ4v) is 3.27. The summed E-state index contributed by atoms with van der Waals surface area (Å²) in [6.07, 6.45) is 1.71. The Kier molecular flexibility index (Phi) is 4.69. The third-order valence-electron chi connectivity index (χ3n) is 3.28. The first kappa shape index (κ1) is 15.6. The first-order valence-corrected chi connectivity index (χ1v) is 8.25. The molecule has 6 heteroatoms. The Morgan fingerprint density at radius 1 is 1.22 bits per heavy atom. The van der Waals surface area contributed by atoms with Gasteiger partial charge in [-0.05, 0) is 30.7 Å². The largest absolute Gasteiger partial charge is 0.347 e. The number of carbonyl (C=O) groups excluding carboxylic acids is 1. The molecule has 0 unspecified atom stereocenters. The van der Waals surface area contributed by atoms with Crippen LogP contribution in [-0.2, 0) is 6.54 Å². The minimum Gasteiger partial charge on any atom is -0.347 e. The molecule has 1 amide bonds. The van der Waals surface area contributed by atoms with Gasteiger partial charge in [-0.25, -0.2) is 4.98 Å². The van der Waals surface area contributed by atoms with Crippen molar-refractivity contribution in [3.8, 4) is 10.7 Å². The van der Waals surface area contributed by atoms with Gasteiger partial charge in [0.2, 0.25) is 0 Å². The summed E-state index contributed by atoms with van der Waals surface area (Å²) in [5.41, 5.74) is 2.35. The van der Waals surface area contributed by atoms with E-state index in [4.69, 9.17) is 11.6 Å². The molecule has 23 heavy (non-hydrogen) atoms. The maximum Gasteiger partial charge on any atom is 0.263 e. The highest BCUT2D eigenvalue weighted by Gasteiger charge is 2.16. The summed E-state index contributed by atoms with van der Waals surface area (Å²) in [5, 5.41) is 4.27. The third kappa shape index (κ3) is 3.57. The van der Waals surface area contributed by atoms with Gasteiger partial charge in [0.05, 0.1) is 11.4 Å². The molecule has 0 saturated heterocycles. The molecule has 116 valence electrons. The summed E-state index contributed by atoms with van der Waals surface area (Å²) in [6.45, 7) is 2.21. The van der Waals surface area contributed by atoms with Crippen LogP contribution in [0.15, 0.2) is 48.7 Å². The van der Waals surface area contributed by atoms with Gasteiger partial charge < -0.3 is 5.32 Å². The summed E-state index contributed by atoms with van der Waals surface area (Å²) in [7, 11) is 0. The number of thiazole rings is 1. The normalized spacial score (nSPS) is 10.5. The van der Waals surface area contributed by atoms with Crippen molar-refractivity contribution in [1.29, 1.82) is 0 Å².